The molecule has 0 bridgehead atoms. The van der Waals surface area contributed by atoms with Crippen molar-refractivity contribution in [2.45, 2.75) is 26.0 Å². The fraction of sp³-hybridized carbons (Fsp3) is 0.316. The van der Waals surface area contributed by atoms with E-state index in [4.69, 9.17) is 21.1 Å². The normalized spacial score (nSPS) is 16.7. The van der Waals surface area contributed by atoms with Crippen LogP contribution < -0.4 is 14.8 Å². The third kappa shape index (κ3) is 3.65. The molecule has 0 unspecified atom stereocenters. The highest BCUT2D eigenvalue weighted by molar-refractivity contribution is 6.30. The first-order valence-electron chi connectivity index (χ1n) is 7.98. The van der Waals surface area contributed by atoms with Crippen molar-refractivity contribution >= 4 is 17.4 Å². The van der Waals surface area contributed by atoms with Crippen LogP contribution in [0, 0.1) is 0 Å². The lowest BCUT2D eigenvalue weighted by Crippen LogP contribution is -2.25. The zero-order valence-corrected chi connectivity index (χ0v) is 14.8. The van der Waals surface area contributed by atoms with Crippen molar-refractivity contribution in [1.82, 2.24) is 5.32 Å². The number of aliphatic imine (C=N–C) groups is 1. The summed E-state index contributed by atoms with van der Waals surface area (Å²) >= 11 is 5.96. The fourth-order valence-corrected chi connectivity index (χ4v) is 2.79. The number of rotatable bonds is 5. The molecular weight excluding hydrogens is 324 g/mol. The molecule has 4 nitrogen and oxygen atoms in total. The predicted octanol–water partition coefficient (Wildman–Crippen LogP) is 4.23. The molecule has 3 rings (SSSR count). The predicted molar refractivity (Wildman–Crippen MR) is 97.5 cm³/mol. The number of benzene rings is 2. The molecule has 0 fully saturated rings. The van der Waals surface area contributed by atoms with Gasteiger partial charge in [-0.25, -0.2) is 0 Å². The molecule has 126 valence electrons. The minimum atomic E-state index is 0.0740. The van der Waals surface area contributed by atoms with Gasteiger partial charge in [0.2, 0.25) is 0 Å². The van der Waals surface area contributed by atoms with Gasteiger partial charge in [0.1, 0.15) is 17.3 Å². The lowest BCUT2D eigenvalue weighted by molar-refractivity contribution is 0.240. The van der Waals surface area contributed by atoms with E-state index in [1.807, 2.05) is 56.3 Å². The first kappa shape index (κ1) is 16.7. The van der Waals surface area contributed by atoms with Gasteiger partial charge >= 0.3 is 0 Å². The van der Waals surface area contributed by atoms with Gasteiger partial charge in [-0.05, 0) is 43.7 Å². The van der Waals surface area contributed by atoms with Crippen molar-refractivity contribution in [2.24, 2.45) is 4.99 Å². The molecular formula is C19H21ClN2O2. The van der Waals surface area contributed by atoms with E-state index in [1.54, 1.807) is 7.11 Å². The molecule has 0 spiro atoms. The van der Waals surface area contributed by atoms with Crippen LogP contribution in [0.25, 0.3) is 0 Å². The molecule has 5 heteroatoms. The van der Waals surface area contributed by atoms with E-state index in [9.17, 15) is 0 Å². The highest BCUT2D eigenvalue weighted by Crippen LogP contribution is 2.29. The number of halogens is 1. The zero-order valence-electron chi connectivity index (χ0n) is 14.0. The highest BCUT2D eigenvalue weighted by Gasteiger charge is 2.23. The van der Waals surface area contributed by atoms with Crippen LogP contribution >= 0.6 is 11.6 Å². The highest BCUT2D eigenvalue weighted by atomic mass is 35.5. The van der Waals surface area contributed by atoms with Crippen molar-refractivity contribution in [3.63, 3.8) is 0 Å². The SMILES string of the molecule is COc1ccc(C2=NC[C@H](c3ccc(Cl)cc3)N2)c(OC(C)C)c1. The molecule has 2 aromatic rings. The van der Waals surface area contributed by atoms with E-state index in [2.05, 4.69) is 10.3 Å². The smallest absolute Gasteiger partial charge is 0.134 e. The summed E-state index contributed by atoms with van der Waals surface area (Å²) in [6.45, 7) is 4.69. The summed E-state index contributed by atoms with van der Waals surface area (Å²) in [5, 5.41) is 4.22. The van der Waals surface area contributed by atoms with Crippen LogP contribution in [-0.4, -0.2) is 25.6 Å². The Morgan fingerprint density at radius 3 is 2.58 bits per heavy atom. The van der Waals surface area contributed by atoms with Crippen LogP contribution in [0.1, 0.15) is 31.0 Å². The molecule has 2 aromatic carbocycles. The average Bonchev–Trinajstić information content (AvgIpc) is 3.04. The zero-order chi connectivity index (χ0) is 17.1. The lowest BCUT2D eigenvalue weighted by atomic mass is 10.1. The van der Waals surface area contributed by atoms with Gasteiger partial charge < -0.3 is 14.8 Å². The van der Waals surface area contributed by atoms with Gasteiger partial charge in [-0.3, -0.25) is 4.99 Å². The number of amidine groups is 1. The van der Waals surface area contributed by atoms with E-state index in [1.165, 1.54) is 0 Å². The first-order chi connectivity index (χ1) is 11.6. The van der Waals surface area contributed by atoms with E-state index in [0.717, 1.165) is 33.5 Å². The van der Waals surface area contributed by atoms with Gasteiger partial charge in [0.05, 0.1) is 31.4 Å². The lowest BCUT2D eigenvalue weighted by Gasteiger charge is -2.17. The molecule has 1 aliphatic heterocycles. The van der Waals surface area contributed by atoms with Crippen LogP contribution in [0.3, 0.4) is 0 Å². The van der Waals surface area contributed by atoms with Crippen molar-refractivity contribution < 1.29 is 9.47 Å². The second-order valence-electron chi connectivity index (χ2n) is 5.97. The summed E-state index contributed by atoms with van der Waals surface area (Å²) in [4.78, 5) is 4.66. The minimum absolute atomic E-state index is 0.0740. The van der Waals surface area contributed by atoms with Crippen molar-refractivity contribution in [1.29, 1.82) is 0 Å². The van der Waals surface area contributed by atoms with Gasteiger partial charge in [0, 0.05) is 11.1 Å². The second-order valence-corrected chi connectivity index (χ2v) is 6.40. The quantitative estimate of drug-likeness (QED) is 0.882. The largest absolute Gasteiger partial charge is 0.497 e. The van der Waals surface area contributed by atoms with Gasteiger partial charge in [-0.2, -0.15) is 0 Å². The van der Waals surface area contributed by atoms with Gasteiger partial charge in [-0.1, -0.05) is 23.7 Å². The Bertz CT molecular complexity index is 742. The van der Waals surface area contributed by atoms with Crippen LogP contribution in [0.2, 0.25) is 5.02 Å². The number of ether oxygens (including phenoxy) is 2. The maximum atomic E-state index is 5.96. The van der Waals surface area contributed by atoms with Crippen molar-refractivity contribution in [3.8, 4) is 11.5 Å². The molecule has 0 saturated carbocycles. The Morgan fingerprint density at radius 1 is 1.17 bits per heavy atom. The van der Waals surface area contributed by atoms with E-state index < -0.39 is 0 Å². The Labute approximate surface area is 147 Å². The molecule has 0 radical (unpaired) electrons. The monoisotopic (exact) mass is 344 g/mol. The number of methoxy groups -OCH3 is 1. The fourth-order valence-electron chi connectivity index (χ4n) is 2.66. The second kappa shape index (κ2) is 7.14. The maximum absolute atomic E-state index is 5.96. The van der Waals surface area contributed by atoms with E-state index >= 15 is 0 Å². The molecule has 0 aliphatic carbocycles. The number of nitrogens with one attached hydrogen (secondary N) is 1. The molecule has 0 saturated heterocycles. The summed E-state index contributed by atoms with van der Waals surface area (Å²) in [6.07, 6.45) is 0.0740. The van der Waals surface area contributed by atoms with Crippen LogP contribution in [0.4, 0.5) is 0 Å². The molecule has 0 aromatic heterocycles. The summed E-state index contributed by atoms with van der Waals surface area (Å²) in [6, 6.07) is 13.8. The van der Waals surface area contributed by atoms with Crippen molar-refractivity contribution in [2.75, 3.05) is 13.7 Å². The van der Waals surface area contributed by atoms with Crippen LogP contribution in [-0.2, 0) is 0 Å². The van der Waals surface area contributed by atoms with Crippen LogP contribution in [0.15, 0.2) is 47.5 Å². The van der Waals surface area contributed by atoms with Gasteiger partial charge in [0.25, 0.3) is 0 Å². The van der Waals surface area contributed by atoms with Gasteiger partial charge in [0.15, 0.2) is 0 Å². The Morgan fingerprint density at radius 2 is 1.92 bits per heavy atom. The summed E-state index contributed by atoms with van der Waals surface area (Å²) in [7, 11) is 1.65. The number of hydrogen-bond donors (Lipinski definition) is 1. The van der Waals surface area contributed by atoms with Crippen LogP contribution in [0.5, 0.6) is 11.5 Å². The summed E-state index contributed by atoms with van der Waals surface area (Å²) in [5.41, 5.74) is 2.11. The Kier molecular flexibility index (Phi) is 4.95. The standard InChI is InChI=1S/C19H21ClN2O2/c1-12(2)24-18-10-15(23-3)8-9-16(18)19-21-11-17(22-19)13-4-6-14(20)7-5-13/h4-10,12,17H,11H2,1-3H3,(H,21,22)/t17-/m1/s1. The van der Waals surface area contributed by atoms with Gasteiger partial charge in [-0.15, -0.1) is 0 Å². The van der Waals surface area contributed by atoms with Crippen molar-refractivity contribution in [3.05, 3.63) is 58.6 Å². The first-order valence-corrected chi connectivity index (χ1v) is 8.36. The Balaban J connectivity index is 1.83. The molecule has 1 N–H and O–H groups in total. The molecule has 0 amide bonds. The number of hydrogen-bond acceptors (Lipinski definition) is 4. The third-order valence-corrected chi connectivity index (χ3v) is 4.07. The summed E-state index contributed by atoms with van der Waals surface area (Å²) in [5.74, 6) is 2.38. The number of nitrogens with zero attached hydrogens (tertiary/aromatic N) is 1. The molecule has 24 heavy (non-hydrogen) atoms. The summed E-state index contributed by atoms with van der Waals surface area (Å²) < 4.78 is 11.2. The molecule has 1 heterocycles. The topological polar surface area (TPSA) is 42.8 Å². The molecule has 1 aliphatic rings. The maximum Gasteiger partial charge on any atom is 0.134 e. The van der Waals surface area contributed by atoms with E-state index in [-0.39, 0.29) is 12.1 Å². The average molecular weight is 345 g/mol. The van der Waals surface area contributed by atoms with E-state index in [0.29, 0.717) is 6.54 Å². The Hall–Kier alpha value is -2.20. The third-order valence-electron chi connectivity index (χ3n) is 3.82. The molecule has 1 atom stereocenters. The minimum Gasteiger partial charge on any atom is -0.497 e.